The Morgan fingerprint density at radius 2 is 1.96 bits per heavy atom. The summed E-state index contributed by atoms with van der Waals surface area (Å²) in [6, 6.07) is 16.6. The van der Waals surface area contributed by atoms with E-state index in [1.165, 1.54) is 5.56 Å². The van der Waals surface area contributed by atoms with Crippen LogP contribution in [-0.4, -0.2) is 38.6 Å². The van der Waals surface area contributed by atoms with Crippen LogP contribution in [0.15, 0.2) is 48.5 Å². The Hall–Kier alpha value is -1.88. The van der Waals surface area contributed by atoms with Gasteiger partial charge in [0.1, 0.15) is 5.75 Å². The minimum Gasteiger partial charge on any atom is -0.496 e. The lowest BCUT2D eigenvalue weighted by molar-refractivity contribution is 0.124. The molecule has 2 aromatic carbocycles. The monoisotopic (exact) mass is 341 g/mol. The number of para-hydroxylation sites is 1. The van der Waals surface area contributed by atoms with E-state index in [4.69, 9.17) is 9.47 Å². The molecule has 1 aliphatic rings. The highest BCUT2D eigenvalue weighted by Gasteiger charge is 2.33. The number of nitrogens with one attached hydrogen (secondary N) is 1. The average Bonchev–Trinajstić information content (AvgIpc) is 3.11. The molecular weight excluding hydrogens is 314 g/mol. The summed E-state index contributed by atoms with van der Waals surface area (Å²) in [6.45, 7) is 3.46. The zero-order valence-corrected chi connectivity index (χ0v) is 14.8. The van der Waals surface area contributed by atoms with Gasteiger partial charge in [0.15, 0.2) is 0 Å². The van der Waals surface area contributed by atoms with E-state index in [9.17, 15) is 5.11 Å². The summed E-state index contributed by atoms with van der Waals surface area (Å²) in [5.74, 6) is 0.889. The van der Waals surface area contributed by atoms with Gasteiger partial charge in [0, 0.05) is 37.3 Å². The van der Waals surface area contributed by atoms with E-state index in [1.54, 1.807) is 7.11 Å². The van der Waals surface area contributed by atoms with Crippen molar-refractivity contribution in [1.82, 2.24) is 5.32 Å². The van der Waals surface area contributed by atoms with Crippen molar-refractivity contribution in [2.75, 3.05) is 33.5 Å². The fraction of sp³-hybridized carbons (Fsp3) is 0.429. The van der Waals surface area contributed by atoms with Crippen molar-refractivity contribution in [3.63, 3.8) is 0 Å². The number of hydrogen-bond acceptors (Lipinski definition) is 4. The van der Waals surface area contributed by atoms with Gasteiger partial charge in [0.05, 0.1) is 13.7 Å². The smallest absolute Gasteiger partial charge is 0.126 e. The molecule has 1 saturated heterocycles. The van der Waals surface area contributed by atoms with Crippen LogP contribution in [-0.2, 0) is 11.3 Å². The Morgan fingerprint density at radius 1 is 1.16 bits per heavy atom. The van der Waals surface area contributed by atoms with Gasteiger partial charge >= 0.3 is 0 Å². The molecule has 0 aliphatic carbocycles. The molecule has 0 saturated carbocycles. The SMILES string of the molecule is COc1ccccc1-c1ccc(CNCC2(CCO)CCOC2)cc1. The Bertz CT molecular complexity index is 663. The zero-order valence-electron chi connectivity index (χ0n) is 14.8. The molecule has 3 rings (SSSR count). The number of hydrogen-bond donors (Lipinski definition) is 2. The molecule has 1 heterocycles. The van der Waals surface area contributed by atoms with Crippen LogP contribution in [0.5, 0.6) is 5.75 Å². The van der Waals surface area contributed by atoms with Crippen molar-refractivity contribution in [3.05, 3.63) is 54.1 Å². The summed E-state index contributed by atoms with van der Waals surface area (Å²) >= 11 is 0. The topological polar surface area (TPSA) is 50.7 Å². The highest BCUT2D eigenvalue weighted by Crippen LogP contribution is 2.32. The quantitative estimate of drug-likeness (QED) is 0.774. The zero-order chi connectivity index (χ0) is 17.5. The molecule has 0 radical (unpaired) electrons. The first-order valence-corrected chi connectivity index (χ1v) is 8.88. The van der Waals surface area contributed by atoms with E-state index in [-0.39, 0.29) is 12.0 Å². The third-order valence-electron chi connectivity index (χ3n) is 5.03. The van der Waals surface area contributed by atoms with Crippen molar-refractivity contribution in [2.45, 2.75) is 19.4 Å². The number of aliphatic hydroxyl groups is 1. The minimum absolute atomic E-state index is 0.0894. The fourth-order valence-electron chi connectivity index (χ4n) is 3.47. The summed E-state index contributed by atoms with van der Waals surface area (Å²) < 4.78 is 11.0. The summed E-state index contributed by atoms with van der Waals surface area (Å²) in [5.41, 5.74) is 3.60. The van der Waals surface area contributed by atoms with E-state index >= 15 is 0 Å². The number of benzene rings is 2. The maximum absolute atomic E-state index is 9.30. The van der Waals surface area contributed by atoms with Gasteiger partial charge in [0.2, 0.25) is 0 Å². The molecule has 0 bridgehead atoms. The second-order valence-corrected chi connectivity index (χ2v) is 6.78. The maximum atomic E-state index is 9.30. The molecule has 25 heavy (non-hydrogen) atoms. The lowest BCUT2D eigenvalue weighted by atomic mass is 9.84. The van der Waals surface area contributed by atoms with Crippen LogP contribution in [0.2, 0.25) is 0 Å². The molecule has 4 heteroatoms. The standard InChI is InChI=1S/C21H27NO3/c1-24-20-5-3-2-4-19(20)18-8-6-17(7-9-18)14-22-15-21(10-12-23)11-13-25-16-21/h2-9,22-23H,10-16H2,1H3. The predicted octanol–water partition coefficient (Wildman–Crippen LogP) is 3.24. The second-order valence-electron chi connectivity index (χ2n) is 6.78. The molecule has 134 valence electrons. The molecule has 1 atom stereocenters. The lowest BCUT2D eigenvalue weighted by Crippen LogP contribution is -2.35. The maximum Gasteiger partial charge on any atom is 0.126 e. The first-order valence-electron chi connectivity index (χ1n) is 8.88. The largest absolute Gasteiger partial charge is 0.496 e. The van der Waals surface area contributed by atoms with E-state index in [1.807, 2.05) is 18.2 Å². The molecule has 2 aromatic rings. The minimum atomic E-state index is 0.0894. The molecule has 1 aliphatic heterocycles. The fourth-order valence-corrected chi connectivity index (χ4v) is 3.47. The van der Waals surface area contributed by atoms with Crippen molar-refractivity contribution < 1.29 is 14.6 Å². The third kappa shape index (κ3) is 4.40. The summed E-state index contributed by atoms with van der Waals surface area (Å²) in [6.07, 6.45) is 1.82. The van der Waals surface area contributed by atoms with Gasteiger partial charge in [-0.25, -0.2) is 0 Å². The number of rotatable bonds is 8. The second kappa shape index (κ2) is 8.48. The van der Waals surface area contributed by atoms with Crippen LogP contribution in [0, 0.1) is 5.41 Å². The summed E-state index contributed by atoms with van der Waals surface area (Å²) in [4.78, 5) is 0. The highest BCUT2D eigenvalue weighted by atomic mass is 16.5. The third-order valence-corrected chi connectivity index (χ3v) is 5.03. The van der Waals surface area contributed by atoms with Crippen molar-refractivity contribution in [3.8, 4) is 16.9 Å². The van der Waals surface area contributed by atoms with Gasteiger partial charge in [-0.15, -0.1) is 0 Å². The predicted molar refractivity (Wildman–Crippen MR) is 99.7 cm³/mol. The van der Waals surface area contributed by atoms with Crippen LogP contribution in [0.4, 0.5) is 0 Å². The number of ether oxygens (including phenoxy) is 2. The number of methoxy groups -OCH3 is 1. The van der Waals surface area contributed by atoms with E-state index < -0.39 is 0 Å². The van der Waals surface area contributed by atoms with Crippen LogP contribution >= 0.6 is 0 Å². The van der Waals surface area contributed by atoms with Crippen molar-refractivity contribution in [2.24, 2.45) is 5.41 Å². The van der Waals surface area contributed by atoms with Gasteiger partial charge < -0.3 is 19.9 Å². The Kier molecular flexibility index (Phi) is 6.08. The van der Waals surface area contributed by atoms with Crippen LogP contribution in [0.1, 0.15) is 18.4 Å². The van der Waals surface area contributed by atoms with Crippen LogP contribution < -0.4 is 10.1 Å². The van der Waals surface area contributed by atoms with Crippen LogP contribution in [0.3, 0.4) is 0 Å². The van der Waals surface area contributed by atoms with E-state index in [0.29, 0.717) is 0 Å². The average molecular weight is 341 g/mol. The number of aliphatic hydroxyl groups excluding tert-OH is 1. The molecule has 0 aromatic heterocycles. The van der Waals surface area contributed by atoms with E-state index in [2.05, 4.69) is 35.6 Å². The highest BCUT2D eigenvalue weighted by molar-refractivity contribution is 5.70. The molecule has 0 amide bonds. The summed E-state index contributed by atoms with van der Waals surface area (Å²) in [5, 5.41) is 12.8. The first-order chi connectivity index (χ1) is 12.3. The summed E-state index contributed by atoms with van der Waals surface area (Å²) in [7, 11) is 1.70. The van der Waals surface area contributed by atoms with Crippen molar-refractivity contribution >= 4 is 0 Å². The van der Waals surface area contributed by atoms with Gasteiger partial charge in [-0.05, 0) is 30.0 Å². The molecule has 4 nitrogen and oxygen atoms in total. The van der Waals surface area contributed by atoms with E-state index in [0.717, 1.165) is 56.0 Å². The van der Waals surface area contributed by atoms with Gasteiger partial charge in [-0.1, -0.05) is 42.5 Å². The van der Waals surface area contributed by atoms with Crippen LogP contribution in [0.25, 0.3) is 11.1 Å². The normalized spacial score (nSPS) is 19.9. The Morgan fingerprint density at radius 3 is 2.64 bits per heavy atom. The molecule has 0 spiro atoms. The molecule has 1 fully saturated rings. The molecular formula is C21H27NO3. The van der Waals surface area contributed by atoms with Gasteiger partial charge in [0.25, 0.3) is 0 Å². The molecule has 1 unspecified atom stereocenters. The Labute approximate surface area is 149 Å². The van der Waals surface area contributed by atoms with Gasteiger partial charge in [-0.2, -0.15) is 0 Å². The Balaban J connectivity index is 1.59. The first kappa shape index (κ1) is 17.9. The van der Waals surface area contributed by atoms with Gasteiger partial charge in [-0.3, -0.25) is 0 Å². The molecule has 2 N–H and O–H groups in total. The van der Waals surface area contributed by atoms with Crippen molar-refractivity contribution in [1.29, 1.82) is 0 Å². The lowest BCUT2D eigenvalue weighted by Gasteiger charge is -2.26.